The van der Waals surface area contributed by atoms with Gasteiger partial charge in [0.1, 0.15) is 5.88 Å². The monoisotopic (exact) mass is 158 g/mol. The molecule has 0 radical (unpaired) electrons. The summed E-state index contributed by atoms with van der Waals surface area (Å²) in [7, 11) is 0. The van der Waals surface area contributed by atoms with Gasteiger partial charge in [0.25, 0.3) is 0 Å². The van der Waals surface area contributed by atoms with Crippen molar-refractivity contribution in [2.45, 2.75) is 12.8 Å². The van der Waals surface area contributed by atoms with Crippen molar-refractivity contribution in [3.63, 3.8) is 0 Å². The molecule has 0 aliphatic carbocycles. The third-order valence-electron chi connectivity index (χ3n) is 1.37. The van der Waals surface area contributed by atoms with Crippen LogP contribution in [0.3, 0.4) is 0 Å². The van der Waals surface area contributed by atoms with Gasteiger partial charge >= 0.3 is 0 Å². The van der Waals surface area contributed by atoms with Crippen LogP contribution in [-0.4, -0.2) is 5.21 Å². The number of nitrogens with zero attached hydrogens (tertiary/aromatic N) is 1. The molecule has 0 aliphatic heterocycles. The molecule has 3 heteroatoms. The van der Waals surface area contributed by atoms with Crippen LogP contribution in [0.4, 0.5) is 0 Å². The van der Waals surface area contributed by atoms with Gasteiger partial charge in [0.15, 0.2) is 0 Å². The number of hydrogen-bond acceptors (Lipinski definition) is 1. The van der Waals surface area contributed by atoms with Gasteiger partial charge in [0.2, 0.25) is 11.4 Å². The number of halogens is 1. The van der Waals surface area contributed by atoms with E-state index in [9.17, 15) is 5.21 Å². The third-order valence-corrected chi connectivity index (χ3v) is 1.64. The Morgan fingerprint density at radius 1 is 1.60 bits per heavy atom. The highest BCUT2D eigenvalue weighted by atomic mass is 35.5. The molecule has 1 N–H and O–H groups in total. The van der Waals surface area contributed by atoms with Gasteiger partial charge in [-0.05, 0) is 6.07 Å². The molecule has 0 aliphatic rings. The molecule has 1 heterocycles. The van der Waals surface area contributed by atoms with Crippen LogP contribution in [0.5, 0.6) is 0 Å². The van der Waals surface area contributed by atoms with Gasteiger partial charge in [-0.25, -0.2) is 0 Å². The van der Waals surface area contributed by atoms with Crippen LogP contribution >= 0.6 is 11.6 Å². The van der Waals surface area contributed by atoms with Crippen molar-refractivity contribution in [2.75, 3.05) is 0 Å². The first kappa shape index (κ1) is 7.35. The van der Waals surface area contributed by atoms with Crippen molar-refractivity contribution >= 4 is 11.6 Å². The van der Waals surface area contributed by atoms with Crippen molar-refractivity contribution < 1.29 is 9.94 Å². The van der Waals surface area contributed by atoms with Gasteiger partial charge in [0, 0.05) is 23.8 Å². The maximum Gasteiger partial charge on any atom is 0.249 e. The fourth-order valence-electron chi connectivity index (χ4n) is 0.767. The summed E-state index contributed by atoms with van der Waals surface area (Å²) in [6.07, 6.45) is 0. The van der Waals surface area contributed by atoms with E-state index in [1.165, 1.54) is 0 Å². The molecular weight excluding hydrogens is 150 g/mol. The van der Waals surface area contributed by atoms with E-state index in [4.69, 9.17) is 11.6 Å². The molecule has 0 fully saturated rings. The van der Waals surface area contributed by atoms with E-state index in [1.807, 2.05) is 19.1 Å². The molecule has 54 valence electrons. The van der Waals surface area contributed by atoms with Gasteiger partial charge in [0.05, 0.1) is 0 Å². The summed E-state index contributed by atoms with van der Waals surface area (Å²) in [5.74, 6) is 0.332. The highest BCUT2D eigenvalue weighted by Gasteiger charge is 2.09. The Bertz CT molecular complexity index is 237. The molecule has 0 atom stereocenters. The molecule has 10 heavy (non-hydrogen) atoms. The van der Waals surface area contributed by atoms with Crippen LogP contribution in [0.25, 0.3) is 0 Å². The summed E-state index contributed by atoms with van der Waals surface area (Å²) in [5.41, 5.74) is 1.50. The third kappa shape index (κ3) is 1.21. The predicted octanol–water partition coefficient (Wildman–Crippen LogP) is 1.26. The Hall–Kier alpha value is -0.760. The van der Waals surface area contributed by atoms with E-state index in [1.54, 1.807) is 6.07 Å². The van der Waals surface area contributed by atoms with Gasteiger partial charge in [-0.3, -0.25) is 5.21 Å². The largest absolute Gasteiger partial charge is 0.285 e. The topological polar surface area (TPSA) is 24.1 Å². The van der Waals surface area contributed by atoms with Crippen LogP contribution in [0, 0.1) is 6.92 Å². The summed E-state index contributed by atoms with van der Waals surface area (Å²) in [4.78, 5) is 0. The second-order valence-electron chi connectivity index (χ2n) is 2.10. The van der Waals surface area contributed by atoms with E-state index < -0.39 is 0 Å². The van der Waals surface area contributed by atoms with Gasteiger partial charge < -0.3 is 0 Å². The van der Waals surface area contributed by atoms with Gasteiger partial charge in [-0.2, -0.15) is 0 Å². The first-order chi connectivity index (χ1) is 4.75. The normalized spacial score (nSPS) is 9.80. The average Bonchev–Trinajstić information content (AvgIpc) is 1.95. The smallest absolute Gasteiger partial charge is 0.249 e. The Labute approximate surface area is 64.6 Å². The quantitative estimate of drug-likeness (QED) is 0.372. The molecule has 1 aromatic heterocycles. The van der Waals surface area contributed by atoms with Crippen molar-refractivity contribution in [3.05, 3.63) is 29.6 Å². The molecule has 0 aromatic carbocycles. The SMILES string of the molecule is Cc1cccc(CCl)[n+]1O. The summed E-state index contributed by atoms with van der Waals surface area (Å²) in [6.45, 7) is 1.82. The Morgan fingerprint density at radius 2 is 2.30 bits per heavy atom. The number of pyridine rings is 1. The predicted molar refractivity (Wildman–Crippen MR) is 38.1 cm³/mol. The fraction of sp³-hybridized carbons (Fsp3) is 0.286. The van der Waals surface area contributed by atoms with Crippen LogP contribution in [0.1, 0.15) is 11.4 Å². The number of rotatable bonds is 1. The lowest BCUT2D eigenvalue weighted by atomic mass is 10.3. The minimum absolute atomic E-state index is 0.332. The van der Waals surface area contributed by atoms with E-state index in [0.717, 1.165) is 10.4 Å². The standard InChI is InChI=1S/C7H9ClNO/c1-6-3-2-4-7(5-8)9(6)10/h2-4,10H,5H2,1H3/q+1. The summed E-state index contributed by atoms with van der Waals surface area (Å²) < 4.78 is 1.09. The maximum absolute atomic E-state index is 9.23. The molecule has 0 unspecified atom stereocenters. The van der Waals surface area contributed by atoms with Crippen LogP contribution in [-0.2, 0) is 5.88 Å². The van der Waals surface area contributed by atoms with E-state index >= 15 is 0 Å². The lowest BCUT2D eigenvalue weighted by Crippen LogP contribution is -2.37. The number of aromatic nitrogens is 1. The molecule has 0 spiro atoms. The number of hydrogen-bond donors (Lipinski definition) is 1. The van der Waals surface area contributed by atoms with Crippen molar-refractivity contribution in [3.8, 4) is 0 Å². The van der Waals surface area contributed by atoms with Crippen molar-refractivity contribution in [1.29, 1.82) is 0 Å². The minimum Gasteiger partial charge on any atom is -0.285 e. The van der Waals surface area contributed by atoms with E-state index in [2.05, 4.69) is 0 Å². The highest BCUT2D eigenvalue weighted by Crippen LogP contribution is 1.97. The van der Waals surface area contributed by atoms with Crippen LogP contribution < -0.4 is 4.73 Å². The summed E-state index contributed by atoms with van der Waals surface area (Å²) in [6, 6.07) is 5.45. The first-order valence-corrected chi connectivity index (χ1v) is 3.55. The van der Waals surface area contributed by atoms with Crippen molar-refractivity contribution in [2.24, 2.45) is 0 Å². The number of aryl methyl sites for hydroxylation is 1. The molecule has 2 nitrogen and oxygen atoms in total. The zero-order chi connectivity index (χ0) is 7.56. The molecule has 1 rings (SSSR count). The maximum atomic E-state index is 9.23. The summed E-state index contributed by atoms with van der Waals surface area (Å²) >= 11 is 5.52. The molecule has 0 saturated heterocycles. The number of alkyl halides is 1. The van der Waals surface area contributed by atoms with Crippen LogP contribution in [0.2, 0.25) is 0 Å². The molecule has 0 bridgehead atoms. The second kappa shape index (κ2) is 2.88. The summed E-state index contributed by atoms with van der Waals surface area (Å²) in [5, 5.41) is 9.23. The van der Waals surface area contributed by atoms with Gasteiger partial charge in [-0.1, -0.05) is 0 Å². The lowest BCUT2D eigenvalue weighted by molar-refractivity contribution is -0.913. The van der Waals surface area contributed by atoms with Crippen LogP contribution in [0.15, 0.2) is 18.2 Å². The second-order valence-corrected chi connectivity index (χ2v) is 2.37. The molecule has 1 aromatic rings. The molecule has 0 amide bonds. The average molecular weight is 159 g/mol. The van der Waals surface area contributed by atoms with Crippen molar-refractivity contribution in [1.82, 2.24) is 0 Å². The van der Waals surface area contributed by atoms with E-state index in [-0.39, 0.29) is 0 Å². The highest BCUT2D eigenvalue weighted by molar-refractivity contribution is 6.16. The first-order valence-electron chi connectivity index (χ1n) is 3.01. The van der Waals surface area contributed by atoms with Gasteiger partial charge in [-0.15, -0.1) is 11.6 Å². The molecule has 0 saturated carbocycles. The zero-order valence-corrected chi connectivity index (χ0v) is 6.47. The minimum atomic E-state index is 0.332. The Kier molecular flexibility index (Phi) is 2.12. The Balaban J connectivity index is 3.14. The Morgan fingerprint density at radius 3 is 2.80 bits per heavy atom. The fourth-order valence-corrected chi connectivity index (χ4v) is 0.970. The zero-order valence-electron chi connectivity index (χ0n) is 5.71. The van der Waals surface area contributed by atoms with E-state index in [0.29, 0.717) is 11.6 Å². The lowest BCUT2D eigenvalue weighted by Gasteiger charge is -1.92. The molecular formula is C7H9ClNO+.